The van der Waals surface area contributed by atoms with Crippen molar-refractivity contribution in [3.05, 3.63) is 62.1 Å². The summed E-state index contributed by atoms with van der Waals surface area (Å²) in [5.41, 5.74) is 2.83. The lowest BCUT2D eigenvalue weighted by molar-refractivity contribution is 0.0734. The lowest BCUT2D eigenvalue weighted by Gasteiger charge is -2.23. The SMILES string of the molecule is Cc1ncsc1C(=O)N(Cc1cc(=O)[nH]c2c(F)cccc12)C1CC1. The third-order valence-electron chi connectivity index (χ3n) is 4.44. The summed E-state index contributed by atoms with van der Waals surface area (Å²) < 4.78 is 14.0. The van der Waals surface area contributed by atoms with Crippen LogP contribution in [0.5, 0.6) is 0 Å². The molecule has 1 aromatic carbocycles. The number of carbonyl (C=O) groups excluding carboxylic acids is 1. The third-order valence-corrected chi connectivity index (χ3v) is 5.36. The lowest BCUT2D eigenvalue weighted by atomic mass is 10.1. The number of aryl methyl sites for hydroxylation is 1. The number of hydrogen-bond donors (Lipinski definition) is 1. The fourth-order valence-electron chi connectivity index (χ4n) is 3.02. The maximum atomic E-state index is 14.0. The van der Waals surface area contributed by atoms with E-state index in [0.29, 0.717) is 21.5 Å². The Kier molecular flexibility index (Phi) is 3.88. The summed E-state index contributed by atoms with van der Waals surface area (Å²) in [4.78, 5) is 34.0. The van der Waals surface area contributed by atoms with Crippen LogP contribution in [0.15, 0.2) is 34.6 Å². The number of carbonyl (C=O) groups is 1. The van der Waals surface area contributed by atoms with Gasteiger partial charge in [-0.05, 0) is 31.4 Å². The first-order valence-corrected chi connectivity index (χ1v) is 8.94. The van der Waals surface area contributed by atoms with Gasteiger partial charge in [-0.2, -0.15) is 0 Å². The van der Waals surface area contributed by atoms with Gasteiger partial charge in [-0.1, -0.05) is 12.1 Å². The summed E-state index contributed by atoms with van der Waals surface area (Å²) in [6.07, 6.45) is 1.89. The predicted octanol–water partition coefficient (Wildman–Crippen LogP) is 3.24. The number of para-hydroxylation sites is 1. The van der Waals surface area contributed by atoms with Crippen LogP contribution >= 0.6 is 11.3 Å². The van der Waals surface area contributed by atoms with E-state index in [9.17, 15) is 14.0 Å². The minimum Gasteiger partial charge on any atom is -0.331 e. The van der Waals surface area contributed by atoms with Gasteiger partial charge in [0, 0.05) is 24.0 Å². The number of aromatic nitrogens is 2. The highest BCUT2D eigenvalue weighted by atomic mass is 32.1. The van der Waals surface area contributed by atoms with Gasteiger partial charge in [0.05, 0.1) is 16.7 Å². The third kappa shape index (κ3) is 2.95. The minimum atomic E-state index is -0.473. The number of hydrogen-bond acceptors (Lipinski definition) is 4. The van der Waals surface area contributed by atoms with E-state index in [-0.39, 0.29) is 29.6 Å². The van der Waals surface area contributed by atoms with Crippen LogP contribution in [0, 0.1) is 12.7 Å². The van der Waals surface area contributed by atoms with Gasteiger partial charge >= 0.3 is 0 Å². The van der Waals surface area contributed by atoms with Gasteiger partial charge in [-0.15, -0.1) is 11.3 Å². The molecule has 7 heteroatoms. The first kappa shape index (κ1) is 16.0. The highest BCUT2D eigenvalue weighted by Crippen LogP contribution is 2.32. The number of thiazole rings is 1. The molecule has 0 radical (unpaired) electrons. The van der Waals surface area contributed by atoms with Crippen LogP contribution in [0.3, 0.4) is 0 Å². The fourth-order valence-corrected chi connectivity index (χ4v) is 3.78. The largest absolute Gasteiger partial charge is 0.331 e. The molecular weight excluding hydrogens is 341 g/mol. The second-order valence-electron chi connectivity index (χ2n) is 6.25. The second kappa shape index (κ2) is 6.07. The molecule has 2 aromatic heterocycles. The zero-order chi connectivity index (χ0) is 17.6. The topological polar surface area (TPSA) is 66.1 Å². The van der Waals surface area contributed by atoms with Crippen molar-refractivity contribution in [3.63, 3.8) is 0 Å². The molecule has 25 heavy (non-hydrogen) atoms. The van der Waals surface area contributed by atoms with Crippen LogP contribution in [0.25, 0.3) is 10.9 Å². The maximum Gasteiger partial charge on any atom is 0.266 e. The molecule has 1 aliphatic rings. The number of amides is 1. The fraction of sp³-hybridized carbons (Fsp3) is 0.278. The molecule has 1 saturated carbocycles. The number of fused-ring (bicyclic) bond motifs is 1. The molecule has 0 spiro atoms. The molecule has 0 unspecified atom stereocenters. The summed E-state index contributed by atoms with van der Waals surface area (Å²) in [6.45, 7) is 2.09. The molecule has 3 aromatic rings. The summed E-state index contributed by atoms with van der Waals surface area (Å²) in [5.74, 6) is -0.550. The number of halogens is 1. The average molecular weight is 357 g/mol. The number of pyridine rings is 1. The number of aromatic amines is 1. The van der Waals surface area contributed by atoms with Crippen molar-refractivity contribution in [2.24, 2.45) is 0 Å². The van der Waals surface area contributed by atoms with Crippen LogP contribution in [-0.4, -0.2) is 26.8 Å². The molecule has 1 aliphatic carbocycles. The molecule has 2 heterocycles. The lowest BCUT2D eigenvalue weighted by Crippen LogP contribution is -2.33. The monoisotopic (exact) mass is 357 g/mol. The van der Waals surface area contributed by atoms with Crippen molar-refractivity contribution in [2.45, 2.75) is 32.4 Å². The van der Waals surface area contributed by atoms with E-state index >= 15 is 0 Å². The van der Waals surface area contributed by atoms with Crippen molar-refractivity contribution in [1.29, 1.82) is 0 Å². The molecule has 0 aliphatic heterocycles. The Bertz CT molecular complexity index is 1020. The second-order valence-corrected chi connectivity index (χ2v) is 7.11. The van der Waals surface area contributed by atoms with E-state index in [0.717, 1.165) is 12.8 Å². The molecule has 0 saturated heterocycles. The van der Waals surface area contributed by atoms with Crippen molar-refractivity contribution in [2.75, 3.05) is 0 Å². The van der Waals surface area contributed by atoms with Crippen LogP contribution in [0.4, 0.5) is 4.39 Å². The molecular formula is C18H16FN3O2S. The number of nitrogens with zero attached hydrogens (tertiary/aromatic N) is 2. The van der Waals surface area contributed by atoms with Crippen molar-refractivity contribution in [1.82, 2.24) is 14.9 Å². The summed E-state index contributed by atoms with van der Waals surface area (Å²) >= 11 is 1.32. The number of benzene rings is 1. The predicted molar refractivity (Wildman–Crippen MR) is 94.3 cm³/mol. The summed E-state index contributed by atoms with van der Waals surface area (Å²) in [6, 6.07) is 6.29. The van der Waals surface area contributed by atoms with Crippen LogP contribution in [0.1, 0.15) is 33.8 Å². The van der Waals surface area contributed by atoms with E-state index < -0.39 is 5.82 Å². The molecule has 4 rings (SSSR count). The standard InChI is InChI=1S/C18H16FN3O2S/c1-10-17(25-9-20-10)18(24)22(12-5-6-12)8-11-7-15(23)21-16-13(11)3-2-4-14(16)19/h2-4,7,9,12H,5-6,8H2,1H3,(H,21,23). The number of rotatable bonds is 4. The van der Waals surface area contributed by atoms with Crippen molar-refractivity contribution in [3.8, 4) is 0 Å². The van der Waals surface area contributed by atoms with Gasteiger partial charge in [-0.3, -0.25) is 9.59 Å². The van der Waals surface area contributed by atoms with Crippen LogP contribution < -0.4 is 5.56 Å². The summed E-state index contributed by atoms with van der Waals surface area (Å²) in [7, 11) is 0. The van der Waals surface area contributed by atoms with Crippen molar-refractivity contribution >= 4 is 28.1 Å². The minimum absolute atomic E-state index is 0.0765. The van der Waals surface area contributed by atoms with Gasteiger partial charge in [0.25, 0.3) is 5.91 Å². The van der Waals surface area contributed by atoms with Crippen LogP contribution in [0.2, 0.25) is 0 Å². The Morgan fingerprint density at radius 2 is 2.24 bits per heavy atom. The quantitative estimate of drug-likeness (QED) is 0.779. The molecule has 1 N–H and O–H groups in total. The molecule has 128 valence electrons. The van der Waals surface area contributed by atoms with Gasteiger partial charge < -0.3 is 9.88 Å². The Balaban J connectivity index is 1.76. The molecule has 5 nitrogen and oxygen atoms in total. The van der Waals surface area contributed by atoms with Gasteiger partial charge in [-0.25, -0.2) is 9.37 Å². The van der Waals surface area contributed by atoms with Gasteiger partial charge in [0.15, 0.2) is 0 Å². The van der Waals surface area contributed by atoms with E-state index in [1.807, 2.05) is 6.92 Å². The Labute approximate surface area is 147 Å². The highest BCUT2D eigenvalue weighted by Gasteiger charge is 2.34. The Hall–Kier alpha value is -2.54. The Morgan fingerprint density at radius 1 is 1.44 bits per heavy atom. The maximum absolute atomic E-state index is 14.0. The van der Waals surface area contributed by atoms with E-state index in [4.69, 9.17) is 0 Å². The number of nitrogens with one attached hydrogen (secondary N) is 1. The molecule has 1 fully saturated rings. The van der Waals surface area contributed by atoms with Gasteiger partial charge in [0.1, 0.15) is 10.7 Å². The Morgan fingerprint density at radius 3 is 2.92 bits per heavy atom. The van der Waals surface area contributed by atoms with Gasteiger partial charge in [0.2, 0.25) is 5.56 Å². The normalized spacial score (nSPS) is 14.0. The smallest absolute Gasteiger partial charge is 0.266 e. The molecule has 0 atom stereocenters. The zero-order valence-corrected chi connectivity index (χ0v) is 14.4. The van der Waals surface area contributed by atoms with Crippen molar-refractivity contribution < 1.29 is 9.18 Å². The molecule has 1 amide bonds. The van der Waals surface area contributed by atoms with E-state index in [1.165, 1.54) is 23.5 Å². The highest BCUT2D eigenvalue weighted by molar-refractivity contribution is 7.11. The first-order valence-electron chi connectivity index (χ1n) is 8.06. The van der Waals surface area contributed by atoms with E-state index in [1.54, 1.807) is 22.5 Å². The number of H-pyrrole nitrogens is 1. The van der Waals surface area contributed by atoms with E-state index in [2.05, 4.69) is 9.97 Å². The first-order chi connectivity index (χ1) is 12.0. The average Bonchev–Trinajstić information content (AvgIpc) is 3.33. The zero-order valence-electron chi connectivity index (χ0n) is 13.6. The summed E-state index contributed by atoms with van der Waals surface area (Å²) in [5, 5.41) is 0.624. The molecule has 0 bridgehead atoms. The van der Waals surface area contributed by atoms with Crippen LogP contribution in [-0.2, 0) is 6.54 Å².